The summed E-state index contributed by atoms with van der Waals surface area (Å²) in [6, 6.07) is 9.36. The van der Waals surface area contributed by atoms with Gasteiger partial charge < -0.3 is 10.6 Å². The van der Waals surface area contributed by atoms with Gasteiger partial charge in [0.15, 0.2) is 20.8 Å². The first-order valence-electron chi connectivity index (χ1n) is 14.0. The molecule has 0 bridgehead atoms. The highest BCUT2D eigenvalue weighted by Gasteiger charge is 2.29. The van der Waals surface area contributed by atoms with E-state index in [1.165, 1.54) is 23.4 Å². The molecule has 0 spiro atoms. The average Bonchev–Trinajstić information content (AvgIpc) is 3.31. The quantitative estimate of drug-likeness (QED) is 0.358. The maximum absolute atomic E-state index is 13.1. The number of nitrogens with zero attached hydrogens (tertiary/aromatic N) is 4. The maximum Gasteiger partial charge on any atom is 0.180 e. The number of hydrogen-bond acceptors (Lipinski definition) is 8. The number of nitrogens with two attached hydrogens (primary N) is 1. The lowest BCUT2D eigenvalue weighted by Gasteiger charge is -2.36. The number of sulfone groups is 1. The molecule has 9 heteroatoms. The molecule has 0 unspecified atom stereocenters. The van der Waals surface area contributed by atoms with E-state index in [9.17, 15) is 8.42 Å². The van der Waals surface area contributed by atoms with Crippen LogP contribution in [0.4, 0.5) is 5.13 Å². The molecule has 2 N–H and O–H groups in total. The highest BCUT2D eigenvalue weighted by Crippen LogP contribution is 2.34. The number of hydrogen-bond donors (Lipinski definition) is 1. The van der Waals surface area contributed by atoms with Crippen molar-refractivity contribution in [3.05, 3.63) is 53.3 Å². The van der Waals surface area contributed by atoms with Crippen LogP contribution in [-0.4, -0.2) is 53.2 Å². The van der Waals surface area contributed by atoms with E-state index < -0.39 is 9.84 Å². The topological polar surface area (TPSA) is 102 Å². The monoisotopic (exact) mass is 553 g/mol. The number of aromatic nitrogens is 3. The SMILES string of the molecule is CCCN(CCC1CCC(CS(=O)(=O)c2ccc(-c3ncccn3)cc2)CC1)[C@H]1CCc2nc(N)sc2C1. The summed E-state index contributed by atoms with van der Waals surface area (Å²) in [5.41, 5.74) is 8.00. The van der Waals surface area contributed by atoms with E-state index in [1.54, 1.807) is 54.1 Å². The Kier molecular flexibility index (Phi) is 8.75. The molecule has 3 aromatic rings. The third-order valence-electron chi connectivity index (χ3n) is 8.24. The van der Waals surface area contributed by atoms with Gasteiger partial charge in [-0.25, -0.2) is 23.4 Å². The Morgan fingerprint density at radius 1 is 1.00 bits per heavy atom. The molecule has 0 amide bonds. The predicted molar refractivity (Wildman–Crippen MR) is 154 cm³/mol. The van der Waals surface area contributed by atoms with E-state index in [0.717, 1.165) is 63.6 Å². The molecule has 2 heterocycles. The lowest BCUT2D eigenvalue weighted by Crippen LogP contribution is -2.41. The van der Waals surface area contributed by atoms with Gasteiger partial charge in [0, 0.05) is 28.9 Å². The van der Waals surface area contributed by atoms with Crippen LogP contribution in [0.25, 0.3) is 11.4 Å². The number of nitrogen functional groups attached to an aromatic ring is 1. The van der Waals surface area contributed by atoms with Crippen LogP contribution in [0.5, 0.6) is 0 Å². The summed E-state index contributed by atoms with van der Waals surface area (Å²) in [4.78, 5) is 17.5. The van der Waals surface area contributed by atoms with Crippen LogP contribution in [0.3, 0.4) is 0 Å². The number of fused-ring (bicyclic) bond motifs is 1. The Hall–Kier alpha value is -2.36. The molecule has 204 valence electrons. The zero-order valence-electron chi connectivity index (χ0n) is 22.3. The molecular weight excluding hydrogens is 514 g/mol. The van der Waals surface area contributed by atoms with E-state index in [4.69, 9.17) is 5.73 Å². The minimum atomic E-state index is -3.31. The van der Waals surface area contributed by atoms with Crippen molar-refractivity contribution in [3.8, 4) is 11.4 Å². The maximum atomic E-state index is 13.1. The fourth-order valence-corrected chi connectivity index (χ4v) is 8.80. The van der Waals surface area contributed by atoms with Crippen molar-refractivity contribution in [2.45, 2.75) is 75.6 Å². The first-order chi connectivity index (χ1) is 18.4. The summed E-state index contributed by atoms with van der Waals surface area (Å²) in [5, 5.41) is 0.704. The van der Waals surface area contributed by atoms with Crippen molar-refractivity contribution in [2.75, 3.05) is 24.6 Å². The Labute approximate surface area is 230 Å². The smallest absolute Gasteiger partial charge is 0.180 e. The van der Waals surface area contributed by atoms with Gasteiger partial charge in [0.1, 0.15) is 0 Å². The van der Waals surface area contributed by atoms with Crippen molar-refractivity contribution in [1.29, 1.82) is 0 Å². The van der Waals surface area contributed by atoms with Crippen molar-refractivity contribution in [3.63, 3.8) is 0 Å². The van der Waals surface area contributed by atoms with Gasteiger partial charge in [-0.05, 0) is 100 Å². The van der Waals surface area contributed by atoms with Crippen molar-refractivity contribution in [1.82, 2.24) is 19.9 Å². The number of benzene rings is 1. The van der Waals surface area contributed by atoms with E-state index in [2.05, 4.69) is 26.8 Å². The molecule has 38 heavy (non-hydrogen) atoms. The molecule has 0 saturated heterocycles. The van der Waals surface area contributed by atoms with Crippen molar-refractivity contribution in [2.24, 2.45) is 11.8 Å². The van der Waals surface area contributed by atoms with E-state index >= 15 is 0 Å². The number of aryl methyl sites for hydroxylation is 1. The zero-order chi connectivity index (χ0) is 26.5. The molecule has 1 saturated carbocycles. The van der Waals surface area contributed by atoms with Crippen molar-refractivity contribution < 1.29 is 8.42 Å². The zero-order valence-corrected chi connectivity index (χ0v) is 23.9. The van der Waals surface area contributed by atoms with Gasteiger partial charge in [-0.3, -0.25) is 0 Å². The molecule has 7 nitrogen and oxygen atoms in total. The second-order valence-corrected chi connectivity index (χ2v) is 14.1. The molecule has 1 fully saturated rings. The Bertz CT molecular complexity index is 1290. The molecule has 2 aromatic heterocycles. The van der Waals surface area contributed by atoms with Gasteiger partial charge in [0.05, 0.1) is 16.3 Å². The largest absolute Gasteiger partial charge is 0.375 e. The highest BCUT2D eigenvalue weighted by molar-refractivity contribution is 7.91. The summed E-state index contributed by atoms with van der Waals surface area (Å²) in [5.74, 6) is 1.78. The summed E-state index contributed by atoms with van der Waals surface area (Å²) in [6.07, 6.45) is 13.3. The fourth-order valence-electron chi connectivity index (χ4n) is 6.15. The molecule has 2 aliphatic carbocycles. The van der Waals surface area contributed by atoms with E-state index in [0.29, 0.717) is 27.8 Å². The van der Waals surface area contributed by atoms with Crippen LogP contribution >= 0.6 is 11.3 Å². The van der Waals surface area contributed by atoms with Gasteiger partial charge in [0.2, 0.25) is 0 Å². The van der Waals surface area contributed by atoms with Gasteiger partial charge in [-0.1, -0.05) is 19.8 Å². The summed E-state index contributed by atoms with van der Waals surface area (Å²) in [6.45, 7) is 4.53. The second-order valence-electron chi connectivity index (χ2n) is 10.9. The molecule has 0 aliphatic heterocycles. The highest BCUT2D eigenvalue weighted by atomic mass is 32.2. The predicted octanol–water partition coefficient (Wildman–Crippen LogP) is 5.42. The van der Waals surface area contributed by atoms with Crippen LogP contribution in [-0.2, 0) is 22.7 Å². The second kappa shape index (κ2) is 12.2. The first kappa shape index (κ1) is 27.2. The van der Waals surface area contributed by atoms with Gasteiger partial charge in [-0.2, -0.15) is 0 Å². The third kappa shape index (κ3) is 6.61. The third-order valence-corrected chi connectivity index (χ3v) is 11.1. The number of thiazole rings is 1. The Morgan fingerprint density at radius 3 is 2.42 bits per heavy atom. The molecule has 2 aliphatic rings. The fraction of sp³-hybridized carbons (Fsp3) is 0.552. The van der Waals surface area contributed by atoms with Crippen LogP contribution in [0.1, 0.15) is 62.4 Å². The standard InChI is InChI=1S/C29H39N5O2S2/c1-2-17-34(24-10-13-26-27(19-24)37-29(30)33-26)18-14-21-4-6-22(7-5-21)20-38(35,36)25-11-8-23(9-12-25)28-31-15-3-16-32-28/h3,8-9,11-12,15-16,21-22,24H,2,4-7,10,13-14,17-20H2,1H3,(H2,30,33)/t21?,22?,24-/m0/s1. The average molecular weight is 554 g/mol. The first-order valence-corrected chi connectivity index (χ1v) is 16.5. The molecule has 0 radical (unpaired) electrons. The minimum Gasteiger partial charge on any atom is -0.375 e. The van der Waals surface area contributed by atoms with Crippen LogP contribution < -0.4 is 5.73 Å². The lowest BCUT2D eigenvalue weighted by molar-refractivity contribution is 0.156. The van der Waals surface area contributed by atoms with Crippen molar-refractivity contribution >= 4 is 26.3 Å². The lowest BCUT2D eigenvalue weighted by atomic mass is 9.81. The summed E-state index contributed by atoms with van der Waals surface area (Å²) < 4.78 is 26.3. The molecule has 5 rings (SSSR count). The van der Waals surface area contributed by atoms with Gasteiger partial charge in [-0.15, -0.1) is 11.3 Å². The number of rotatable bonds is 10. The van der Waals surface area contributed by atoms with Gasteiger partial charge >= 0.3 is 0 Å². The number of anilines is 1. The molecule has 1 atom stereocenters. The Balaban J connectivity index is 1.10. The van der Waals surface area contributed by atoms with Gasteiger partial charge in [0.25, 0.3) is 0 Å². The molecular formula is C29H39N5O2S2. The summed E-state index contributed by atoms with van der Waals surface area (Å²) in [7, 11) is -3.31. The minimum absolute atomic E-state index is 0.241. The van der Waals surface area contributed by atoms with Crippen LogP contribution in [0.15, 0.2) is 47.6 Å². The Morgan fingerprint density at radius 2 is 1.71 bits per heavy atom. The summed E-state index contributed by atoms with van der Waals surface area (Å²) >= 11 is 1.66. The van der Waals surface area contributed by atoms with E-state index in [1.807, 2.05) is 0 Å². The van der Waals surface area contributed by atoms with Crippen LogP contribution in [0.2, 0.25) is 0 Å². The molecule has 1 aromatic carbocycles. The van der Waals surface area contributed by atoms with E-state index in [-0.39, 0.29) is 11.7 Å². The normalized spacial score (nSPS) is 21.9. The van der Waals surface area contributed by atoms with Crippen LogP contribution in [0, 0.1) is 11.8 Å².